The summed E-state index contributed by atoms with van der Waals surface area (Å²) in [6.07, 6.45) is 0.804. The molecule has 158 valence electrons. The van der Waals surface area contributed by atoms with Crippen molar-refractivity contribution in [2.45, 2.75) is 30.8 Å². The quantitative estimate of drug-likeness (QED) is 0.555. The number of aryl methyl sites for hydroxylation is 1. The minimum absolute atomic E-state index is 0.141. The van der Waals surface area contributed by atoms with Gasteiger partial charge in [-0.25, -0.2) is 12.7 Å². The molecule has 1 amide bonds. The Bertz CT molecular complexity index is 1100. The van der Waals surface area contributed by atoms with Crippen LogP contribution in [0.25, 0.3) is 11.4 Å². The molecule has 0 fully saturated rings. The largest absolute Gasteiger partial charge is 0.352 e. The van der Waals surface area contributed by atoms with Crippen molar-refractivity contribution < 1.29 is 13.2 Å². The molecule has 0 unspecified atom stereocenters. The number of nitrogens with zero attached hydrogens (tertiary/aromatic N) is 5. The van der Waals surface area contributed by atoms with Crippen LogP contribution in [0.4, 0.5) is 0 Å². The van der Waals surface area contributed by atoms with Crippen molar-refractivity contribution in [1.29, 1.82) is 0 Å². The average molecular weight is 429 g/mol. The molecule has 2 aromatic carbocycles. The van der Waals surface area contributed by atoms with Crippen LogP contribution in [0.3, 0.4) is 0 Å². The molecule has 0 spiro atoms. The highest BCUT2D eigenvalue weighted by Crippen LogP contribution is 2.18. The Labute approximate surface area is 175 Å². The van der Waals surface area contributed by atoms with Gasteiger partial charge in [0.25, 0.3) is 0 Å². The summed E-state index contributed by atoms with van der Waals surface area (Å²) >= 11 is 0. The zero-order valence-corrected chi connectivity index (χ0v) is 17.7. The maximum absolute atomic E-state index is 12.4. The van der Waals surface area contributed by atoms with Crippen LogP contribution >= 0.6 is 0 Å². The molecular weight excluding hydrogens is 404 g/mol. The maximum Gasteiger partial charge on any atom is 0.242 e. The Hall–Kier alpha value is -3.11. The topological polar surface area (TPSA) is 110 Å². The average Bonchev–Trinajstić information content (AvgIpc) is 3.22. The first-order valence-corrected chi connectivity index (χ1v) is 10.9. The Morgan fingerprint density at radius 3 is 2.50 bits per heavy atom. The lowest BCUT2D eigenvalue weighted by atomic mass is 10.2. The summed E-state index contributed by atoms with van der Waals surface area (Å²) in [5, 5.41) is 15.1. The number of nitrogens with one attached hydrogen (secondary N) is 1. The van der Waals surface area contributed by atoms with Crippen LogP contribution in [0, 0.1) is 0 Å². The monoisotopic (exact) mass is 428 g/mol. The van der Waals surface area contributed by atoms with E-state index in [2.05, 4.69) is 20.7 Å². The van der Waals surface area contributed by atoms with Crippen molar-refractivity contribution in [2.75, 3.05) is 14.1 Å². The number of hydrogen-bond donors (Lipinski definition) is 1. The Balaban J connectivity index is 1.50. The Morgan fingerprint density at radius 2 is 1.77 bits per heavy atom. The van der Waals surface area contributed by atoms with E-state index in [-0.39, 0.29) is 23.8 Å². The molecular formula is C20H24N6O3S. The van der Waals surface area contributed by atoms with E-state index in [1.54, 1.807) is 18.2 Å². The van der Waals surface area contributed by atoms with Gasteiger partial charge in [0, 0.05) is 32.6 Å². The van der Waals surface area contributed by atoms with Crippen LogP contribution in [-0.2, 0) is 27.9 Å². The molecule has 0 aliphatic rings. The van der Waals surface area contributed by atoms with E-state index in [0.717, 1.165) is 9.87 Å². The van der Waals surface area contributed by atoms with Crippen molar-refractivity contribution in [2.24, 2.45) is 0 Å². The van der Waals surface area contributed by atoms with Gasteiger partial charge in [-0.1, -0.05) is 48.5 Å². The fraction of sp³-hybridized carbons (Fsp3) is 0.300. The second-order valence-corrected chi connectivity index (χ2v) is 8.97. The van der Waals surface area contributed by atoms with Crippen LogP contribution < -0.4 is 5.32 Å². The van der Waals surface area contributed by atoms with E-state index in [1.807, 2.05) is 30.3 Å². The van der Waals surface area contributed by atoms with Crippen LogP contribution in [0.1, 0.15) is 18.4 Å². The third-order valence-corrected chi connectivity index (χ3v) is 6.37. The molecule has 0 atom stereocenters. The van der Waals surface area contributed by atoms with Gasteiger partial charge in [0.1, 0.15) is 0 Å². The number of sulfonamides is 1. The van der Waals surface area contributed by atoms with E-state index < -0.39 is 10.0 Å². The van der Waals surface area contributed by atoms with Crippen molar-refractivity contribution >= 4 is 15.9 Å². The van der Waals surface area contributed by atoms with Crippen LogP contribution in [-0.4, -0.2) is 52.9 Å². The highest BCUT2D eigenvalue weighted by Gasteiger charge is 2.20. The highest BCUT2D eigenvalue weighted by atomic mass is 32.2. The summed E-state index contributed by atoms with van der Waals surface area (Å²) < 4.78 is 26.0. The molecule has 9 nitrogen and oxygen atoms in total. The summed E-state index contributed by atoms with van der Waals surface area (Å²) in [7, 11) is -0.617. The molecule has 1 N–H and O–H groups in total. The van der Waals surface area contributed by atoms with Crippen LogP contribution in [0.2, 0.25) is 0 Å². The number of amides is 1. The Morgan fingerprint density at radius 1 is 1.07 bits per heavy atom. The molecule has 0 saturated carbocycles. The SMILES string of the molecule is CN(C)S(=O)(=O)c1ccccc1CNC(=O)CCCn1nnc(-c2ccccc2)n1. The van der Waals surface area contributed by atoms with Gasteiger partial charge in [-0.3, -0.25) is 4.79 Å². The summed E-state index contributed by atoms with van der Waals surface area (Å²) in [5.41, 5.74) is 1.43. The minimum Gasteiger partial charge on any atom is -0.352 e. The third kappa shape index (κ3) is 5.28. The standard InChI is InChI=1S/C20H24N6O3S/c1-25(2)30(28,29)18-12-7-6-11-17(18)15-21-19(27)13-8-14-26-23-20(22-24-26)16-9-4-3-5-10-16/h3-7,9-12H,8,13-15H2,1-2H3,(H,21,27). The first-order chi connectivity index (χ1) is 14.4. The Kier molecular flexibility index (Phi) is 6.91. The molecule has 3 rings (SSSR count). The van der Waals surface area contributed by atoms with E-state index >= 15 is 0 Å². The summed E-state index contributed by atoms with van der Waals surface area (Å²) in [6, 6.07) is 16.2. The number of rotatable bonds is 9. The number of carbonyl (C=O) groups is 1. The first-order valence-electron chi connectivity index (χ1n) is 9.48. The molecule has 0 radical (unpaired) electrons. The second kappa shape index (κ2) is 9.59. The predicted octanol–water partition coefficient (Wildman–Crippen LogP) is 1.69. The summed E-state index contributed by atoms with van der Waals surface area (Å²) in [4.78, 5) is 13.8. The normalized spacial score (nSPS) is 11.6. The number of carbonyl (C=O) groups excluding carboxylic acids is 1. The molecule has 0 bridgehead atoms. The van der Waals surface area contributed by atoms with Gasteiger partial charge in [-0.15, -0.1) is 10.2 Å². The summed E-state index contributed by atoms with van der Waals surface area (Å²) in [5.74, 6) is 0.370. The molecule has 0 aliphatic carbocycles. The van der Waals surface area contributed by atoms with Gasteiger partial charge in [-0.05, 0) is 23.3 Å². The summed E-state index contributed by atoms with van der Waals surface area (Å²) in [6.45, 7) is 0.598. The molecule has 10 heteroatoms. The van der Waals surface area contributed by atoms with E-state index in [0.29, 0.717) is 24.4 Å². The number of benzene rings is 2. The molecule has 1 aromatic heterocycles. The van der Waals surface area contributed by atoms with Gasteiger partial charge < -0.3 is 5.32 Å². The van der Waals surface area contributed by atoms with Gasteiger partial charge in [-0.2, -0.15) is 4.80 Å². The smallest absolute Gasteiger partial charge is 0.242 e. The molecule has 1 heterocycles. The van der Waals surface area contributed by atoms with Gasteiger partial charge in [0.2, 0.25) is 21.8 Å². The zero-order chi connectivity index (χ0) is 21.6. The number of hydrogen-bond acceptors (Lipinski definition) is 6. The lowest BCUT2D eigenvalue weighted by molar-refractivity contribution is -0.121. The number of aromatic nitrogens is 4. The minimum atomic E-state index is -3.57. The first kappa shape index (κ1) is 21.6. The van der Waals surface area contributed by atoms with E-state index in [9.17, 15) is 13.2 Å². The van der Waals surface area contributed by atoms with Crippen molar-refractivity contribution in [3.05, 3.63) is 60.2 Å². The van der Waals surface area contributed by atoms with Gasteiger partial charge >= 0.3 is 0 Å². The molecule has 30 heavy (non-hydrogen) atoms. The maximum atomic E-state index is 12.4. The second-order valence-electron chi connectivity index (χ2n) is 6.85. The van der Waals surface area contributed by atoms with Crippen molar-refractivity contribution in [1.82, 2.24) is 29.8 Å². The molecule has 0 aliphatic heterocycles. The number of tetrazole rings is 1. The molecule has 3 aromatic rings. The molecule has 0 saturated heterocycles. The van der Waals surface area contributed by atoms with Gasteiger partial charge in [0.15, 0.2) is 0 Å². The van der Waals surface area contributed by atoms with E-state index in [1.165, 1.54) is 25.0 Å². The fourth-order valence-electron chi connectivity index (χ4n) is 2.80. The lowest BCUT2D eigenvalue weighted by Gasteiger charge is -2.15. The predicted molar refractivity (Wildman–Crippen MR) is 112 cm³/mol. The van der Waals surface area contributed by atoms with Crippen LogP contribution in [0.15, 0.2) is 59.5 Å². The van der Waals surface area contributed by atoms with Crippen molar-refractivity contribution in [3.63, 3.8) is 0 Å². The zero-order valence-electron chi connectivity index (χ0n) is 16.9. The van der Waals surface area contributed by atoms with Crippen LogP contribution in [0.5, 0.6) is 0 Å². The van der Waals surface area contributed by atoms with Crippen molar-refractivity contribution in [3.8, 4) is 11.4 Å². The lowest BCUT2D eigenvalue weighted by Crippen LogP contribution is -2.27. The van der Waals surface area contributed by atoms with Gasteiger partial charge in [0.05, 0.1) is 11.4 Å². The highest BCUT2D eigenvalue weighted by molar-refractivity contribution is 7.89. The van der Waals surface area contributed by atoms with E-state index in [4.69, 9.17) is 0 Å². The third-order valence-electron chi connectivity index (χ3n) is 4.45. The fourth-order valence-corrected chi connectivity index (χ4v) is 3.92.